The van der Waals surface area contributed by atoms with E-state index in [2.05, 4.69) is 19.2 Å². The van der Waals surface area contributed by atoms with Crippen molar-refractivity contribution in [3.8, 4) is 5.75 Å². The molecular formula is C19H22FNO2. The molecule has 0 heterocycles. The number of hydrogen-bond acceptors (Lipinski definition) is 2. The van der Waals surface area contributed by atoms with Crippen molar-refractivity contribution in [3.63, 3.8) is 0 Å². The smallest absolute Gasteiger partial charge is 0.265 e. The molecule has 4 heteroatoms. The first kappa shape index (κ1) is 17.0. The van der Waals surface area contributed by atoms with Crippen LogP contribution in [0.1, 0.15) is 31.9 Å². The number of carbonyl (C=O) groups excluding carboxylic acids is 1. The predicted octanol–water partition coefficient (Wildman–Crippen LogP) is 4.36. The predicted molar refractivity (Wildman–Crippen MR) is 90.3 cm³/mol. The molecule has 0 bridgehead atoms. The number of benzene rings is 2. The van der Waals surface area contributed by atoms with E-state index >= 15 is 0 Å². The fourth-order valence-corrected chi connectivity index (χ4v) is 2.40. The van der Waals surface area contributed by atoms with Gasteiger partial charge in [-0.3, -0.25) is 4.79 Å². The Bertz CT molecular complexity index is 645. The van der Waals surface area contributed by atoms with Crippen LogP contribution >= 0.6 is 0 Å². The molecule has 0 fully saturated rings. The van der Waals surface area contributed by atoms with Gasteiger partial charge in [0.2, 0.25) is 0 Å². The van der Waals surface area contributed by atoms with Crippen LogP contribution in [0.4, 0.5) is 10.1 Å². The van der Waals surface area contributed by atoms with E-state index in [0.29, 0.717) is 5.75 Å². The van der Waals surface area contributed by atoms with Gasteiger partial charge in [0.1, 0.15) is 11.6 Å². The van der Waals surface area contributed by atoms with Crippen LogP contribution in [0.15, 0.2) is 42.5 Å². The van der Waals surface area contributed by atoms with Gasteiger partial charge in [0.25, 0.3) is 5.91 Å². The summed E-state index contributed by atoms with van der Waals surface area (Å²) in [6.45, 7) is 5.80. The topological polar surface area (TPSA) is 38.3 Å². The van der Waals surface area contributed by atoms with Gasteiger partial charge in [0, 0.05) is 5.69 Å². The second-order valence-electron chi connectivity index (χ2n) is 5.36. The standard InChI is InChI=1S/C19H22FNO2/c1-4-14-7-6-8-15(5-2)18(14)21-19(22)13(3)23-17-11-9-16(20)10-12-17/h6-13H,4-5H2,1-3H3,(H,21,22)/t13-/m0/s1. The van der Waals surface area contributed by atoms with Crippen molar-refractivity contribution in [1.29, 1.82) is 0 Å². The molecule has 23 heavy (non-hydrogen) atoms. The highest BCUT2D eigenvalue weighted by atomic mass is 19.1. The summed E-state index contributed by atoms with van der Waals surface area (Å²) < 4.78 is 18.5. The number of nitrogens with one attached hydrogen (secondary N) is 1. The molecule has 3 nitrogen and oxygen atoms in total. The third kappa shape index (κ3) is 4.31. The van der Waals surface area contributed by atoms with Crippen molar-refractivity contribution in [2.24, 2.45) is 0 Å². The molecule has 0 unspecified atom stereocenters. The molecule has 2 rings (SSSR count). The van der Waals surface area contributed by atoms with Gasteiger partial charge in [0.05, 0.1) is 0 Å². The van der Waals surface area contributed by atoms with Crippen molar-refractivity contribution in [3.05, 3.63) is 59.4 Å². The van der Waals surface area contributed by atoms with Crippen LogP contribution in [0.2, 0.25) is 0 Å². The Morgan fingerprint density at radius 2 is 1.65 bits per heavy atom. The fourth-order valence-electron chi connectivity index (χ4n) is 2.40. The highest BCUT2D eigenvalue weighted by molar-refractivity contribution is 5.95. The second-order valence-corrected chi connectivity index (χ2v) is 5.36. The number of ether oxygens (including phenoxy) is 1. The number of anilines is 1. The molecule has 0 aliphatic carbocycles. The van der Waals surface area contributed by atoms with E-state index in [1.807, 2.05) is 18.2 Å². The molecule has 0 aliphatic heterocycles. The van der Waals surface area contributed by atoms with E-state index in [-0.39, 0.29) is 11.7 Å². The van der Waals surface area contributed by atoms with Crippen molar-refractivity contribution in [2.75, 3.05) is 5.32 Å². The maximum absolute atomic E-state index is 12.9. The Balaban J connectivity index is 2.10. The number of hydrogen-bond donors (Lipinski definition) is 1. The molecular weight excluding hydrogens is 293 g/mol. The van der Waals surface area contributed by atoms with Crippen LogP contribution in [0, 0.1) is 5.82 Å². The summed E-state index contributed by atoms with van der Waals surface area (Å²) in [5.41, 5.74) is 3.08. The molecule has 0 radical (unpaired) electrons. The first-order chi connectivity index (χ1) is 11.0. The van der Waals surface area contributed by atoms with Crippen LogP contribution < -0.4 is 10.1 Å². The molecule has 0 saturated carbocycles. The summed E-state index contributed by atoms with van der Waals surface area (Å²) in [4.78, 5) is 12.4. The van der Waals surface area contributed by atoms with E-state index in [1.54, 1.807) is 6.92 Å². The van der Waals surface area contributed by atoms with Crippen LogP contribution in [0.25, 0.3) is 0 Å². The van der Waals surface area contributed by atoms with Crippen molar-refractivity contribution >= 4 is 11.6 Å². The minimum Gasteiger partial charge on any atom is -0.481 e. The lowest BCUT2D eigenvalue weighted by molar-refractivity contribution is -0.122. The number of para-hydroxylation sites is 1. The minimum atomic E-state index is -0.671. The molecule has 1 amide bonds. The van der Waals surface area contributed by atoms with Gasteiger partial charge in [-0.15, -0.1) is 0 Å². The number of rotatable bonds is 6. The number of aryl methyl sites for hydroxylation is 2. The van der Waals surface area contributed by atoms with E-state index < -0.39 is 6.10 Å². The SMILES string of the molecule is CCc1cccc(CC)c1NC(=O)[C@H](C)Oc1ccc(F)cc1. The highest BCUT2D eigenvalue weighted by Crippen LogP contribution is 2.23. The van der Waals surface area contributed by atoms with E-state index in [4.69, 9.17) is 4.74 Å². The Morgan fingerprint density at radius 1 is 1.09 bits per heavy atom. The first-order valence-corrected chi connectivity index (χ1v) is 7.89. The zero-order chi connectivity index (χ0) is 16.8. The maximum atomic E-state index is 12.9. The molecule has 122 valence electrons. The second kappa shape index (κ2) is 7.77. The Labute approximate surface area is 136 Å². The lowest BCUT2D eigenvalue weighted by Crippen LogP contribution is -2.30. The van der Waals surface area contributed by atoms with Crippen LogP contribution in [-0.4, -0.2) is 12.0 Å². The number of carbonyl (C=O) groups is 1. The van der Waals surface area contributed by atoms with E-state index in [9.17, 15) is 9.18 Å². The van der Waals surface area contributed by atoms with Crippen molar-refractivity contribution in [1.82, 2.24) is 0 Å². The number of amides is 1. The van der Waals surface area contributed by atoms with Crippen molar-refractivity contribution in [2.45, 2.75) is 39.7 Å². The molecule has 0 aliphatic rings. The van der Waals surface area contributed by atoms with Crippen LogP contribution in [-0.2, 0) is 17.6 Å². The van der Waals surface area contributed by atoms with Gasteiger partial charge < -0.3 is 10.1 Å². The van der Waals surface area contributed by atoms with Gasteiger partial charge in [-0.05, 0) is 55.2 Å². The molecule has 0 saturated heterocycles. The van der Waals surface area contributed by atoms with Crippen LogP contribution in [0.5, 0.6) is 5.75 Å². The lowest BCUT2D eigenvalue weighted by Gasteiger charge is -2.18. The van der Waals surface area contributed by atoms with Gasteiger partial charge >= 0.3 is 0 Å². The summed E-state index contributed by atoms with van der Waals surface area (Å²) in [6, 6.07) is 11.7. The normalized spacial score (nSPS) is 11.8. The molecule has 1 N–H and O–H groups in total. The monoisotopic (exact) mass is 315 g/mol. The molecule has 2 aromatic rings. The van der Waals surface area contributed by atoms with Crippen molar-refractivity contribution < 1.29 is 13.9 Å². The van der Waals surface area contributed by atoms with Crippen LogP contribution in [0.3, 0.4) is 0 Å². The molecule has 1 atom stereocenters. The third-order valence-corrected chi connectivity index (χ3v) is 3.74. The zero-order valence-electron chi connectivity index (χ0n) is 13.7. The van der Waals surface area contributed by atoms with Gasteiger partial charge in [-0.1, -0.05) is 32.0 Å². The quantitative estimate of drug-likeness (QED) is 0.860. The minimum absolute atomic E-state index is 0.218. The van der Waals surface area contributed by atoms with E-state index in [1.165, 1.54) is 24.3 Å². The summed E-state index contributed by atoms with van der Waals surface area (Å²) in [5, 5.41) is 2.97. The largest absolute Gasteiger partial charge is 0.481 e. The summed E-state index contributed by atoms with van der Waals surface area (Å²) in [7, 11) is 0. The first-order valence-electron chi connectivity index (χ1n) is 7.89. The van der Waals surface area contributed by atoms with E-state index in [0.717, 1.165) is 29.7 Å². The Morgan fingerprint density at radius 3 is 2.17 bits per heavy atom. The molecule has 0 spiro atoms. The summed E-state index contributed by atoms with van der Waals surface area (Å²) in [6.07, 6.45) is 1.02. The Hall–Kier alpha value is -2.36. The summed E-state index contributed by atoms with van der Waals surface area (Å²) in [5.74, 6) is -0.0858. The van der Waals surface area contributed by atoms with Gasteiger partial charge in [-0.2, -0.15) is 0 Å². The van der Waals surface area contributed by atoms with Gasteiger partial charge in [-0.25, -0.2) is 4.39 Å². The average molecular weight is 315 g/mol. The Kier molecular flexibility index (Phi) is 5.74. The summed E-state index contributed by atoms with van der Waals surface area (Å²) >= 11 is 0. The number of halogens is 1. The zero-order valence-corrected chi connectivity index (χ0v) is 13.7. The third-order valence-electron chi connectivity index (χ3n) is 3.74. The maximum Gasteiger partial charge on any atom is 0.265 e. The molecule has 2 aromatic carbocycles. The molecule has 0 aromatic heterocycles. The average Bonchev–Trinajstić information content (AvgIpc) is 2.56. The van der Waals surface area contributed by atoms with Gasteiger partial charge in [0.15, 0.2) is 6.10 Å². The highest BCUT2D eigenvalue weighted by Gasteiger charge is 2.17. The fraction of sp³-hybridized carbons (Fsp3) is 0.316. The lowest BCUT2D eigenvalue weighted by atomic mass is 10.0.